The lowest BCUT2D eigenvalue weighted by atomic mass is 9.94. The normalized spacial score (nSPS) is 11.2. The summed E-state index contributed by atoms with van der Waals surface area (Å²) < 4.78 is 47.0. The summed E-state index contributed by atoms with van der Waals surface area (Å²) >= 11 is 0. The van der Waals surface area contributed by atoms with Crippen LogP contribution in [0.25, 0.3) is 11.1 Å². The molecule has 0 saturated carbocycles. The first-order valence-corrected chi connectivity index (χ1v) is 13.1. The highest BCUT2D eigenvalue weighted by Crippen LogP contribution is 2.38. The van der Waals surface area contributed by atoms with Crippen molar-refractivity contribution in [1.82, 2.24) is 0 Å². The number of carbonyl (C=O) groups is 2. The number of methoxy groups -OCH3 is 1. The number of nitrogens with zero attached hydrogens (tertiary/aromatic N) is 1. The minimum atomic E-state index is -4.60. The van der Waals surface area contributed by atoms with Gasteiger partial charge in [-0.1, -0.05) is 60.7 Å². The number of hydrogen-bond acceptors (Lipinski definition) is 3. The van der Waals surface area contributed by atoms with E-state index in [1.807, 2.05) is 42.5 Å². The Labute approximate surface area is 236 Å². The second-order valence-corrected chi connectivity index (χ2v) is 9.69. The van der Waals surface area contributed by atoms with Gasteiger partial charge in [0.05, 0.1) is 25.6 Å². The summed E-state index contributed by atoms with van der Waals surface area (Å²) in [6.07, 6.45) is -3.51. The molecule has 0 unspecified atom stereocenters. The van der Waals surface area contributed by atoms with Crippen molar-refractivity contribution in [2.45, 2.75) is 38.9 Å². The lowest BCUT2D eigenvalue weighted by molar-refractivity contribution is -0.138. The Bertz CT molecular complexity index is 1530. The van der Waals surface area contributed by atoms with E-state index in [9.17, 15) is 27.9 Å². The molecule has 0 fully saturated rings. The molecule has 0 aliphatic rings. The summed E-state index contributed by atoms with van der Waals surface area (Å²) in [5.41, 5.74) is 3.35. The Kier molecular flexibility index (Phi) is 9.12. The lowest BCUT2D eigenvalue weighted by Crippen LogP contribution is -2.29. The van der Waals surface area contributed by atoms with E-state index in [1.165, 1.54) is 25.0 Å². The summed E-state index contributed by atoms with van der Waals surface area (Å²) in [5.74, 6) is -0.992. The van der Waals surface area contributed by atoms with Crippen LogP contribution in [-0.4, -0.2) is 24.1 Å². The molecule has 4 rings (SSSR count). The molecule has 0 heterocycles. The minimum Gasteiger partial charge on any atom is -0.496 e. The van der Waals surface area contributed by atoms with Gasteiger partial charge in [-0.25, -0.2) is 0 Å². The van der Waals surface area contributed by atoms with E-state index in [1.54, 1.807) is 30.3 Å². The van der Waals surface area contributed by atoms with E-state index in [0.717, 1.165) is 29.7 Å². The molecule has 0 bridgehead atoms. The quantitative estimate of drug-likeness (QED) is 0.220. The predicted molar refractivity (Wildman–Crippen MR) is 152 cm³/mol. The van der Waals surface area contributed by atoms with Crippen LogP contribution in [0.1, 0.15) is 34.7 Å². The van der Waals surface area contributed by atoms with E-state index in [4.69, 9.17) is 4.74 Å². The fourth-order valence-corrected chi connectivity index (χ4v) is 4.86. The molecule has 0 aromatic heterocycles. The van der Waals surface area contributed by atoms with Crippen LogP contribution in [0.3, 0.4) is 0 Å². The number of rotatable bonds is 10. The molecular formula is C33H30F3NO4. The van der Waals surface area contributed by atoms with E-state index in [2.05, 4.69) is 0 Å². The maximum Gasteiger partial charge on any atom is 0.416 e. The number of para-hydroxylation sites is 1. The zero-order chi connectivity index (χ0) is 29.6. The number of hydrogen-bond donors (Lipinski definition) is 1. The maximum absolute atomic E-state index is 13.8. The molecule has 0 aliphatic heterocycles. The molecule has 1 amide bonds. The predicted octanol–water partition coefficient (Wildman–Crippen LogP) is 7.35. The SMILES string of the molecule is COc1ccc(CC(=O)O)cc1-c1ccc(C(F)(F)F)cc1CN(C(C)=O)c1ccccc1CCc1ccccc1. The Balaban J connectivity index is 1.80. The number of anilines is 1. The van der Waals surface area contributed by atoms with E-state index in [-0.39, 0.29) is 24.4 Å². The molecule has 4 aromatic rings. The summed E-state index contributed by atoms with van der Waals surface area (Å²) in [6.45, 7) is 1.25. The Hall–Kier alpha value is -4.59. The zero-order valence-electron chi connectivity index (χ0n) is 22.7. The summed E-state index contributed by atoms with van der Waals surface area (Å²) in [6, 6.07) is 25.4. The third-order valence-corrected chi connectivity index (χ3v) is 6.86. The topological polar surface area (TPSA) is 66.8 Å². The van der Waals surface area contributed by atoms with Crippen molar-refractivity contribution in [3.05, 3.63) is 119 Å². The minimum absolute atomic E-state index is 0.136. The summed E-state index contributed by atoms with van der Waals surface area (Å²) in [5, 5.41) is 9.28. The van der Waals surface area contributed by atoms with Crippen molar-refractivity contribution in [3.8, 4) is 16.9 Å². The summed E-state index contributed by atoms with van der Waals surface area (Å²) in [7, 11) is 1.43. The third-order valence-electron chi connectivity index (χ3n) is 6.86. The standard InChI is InChI=1S/C33H30F3NO4/c1-22(38)37(30-11-7-6-10-25(30)14-12-23-8-4-3-5-9-23)21-26-20-27(33(34,35)36)15-16-28(26)29-18-24(19-32(39)40)13-17-31(29)41-2/h3-11,13,15-18,20H,12,14,19,21H2,1-2H3,(H,39,40). The van der Waals surface area contributed by atoms with Crippen molar-refractivity contribution >= 4 is 17.6 Å². The van der Waals surface area contributed by atoms with Crippen molar-refractivity contribution in [3.63, 3.8) is 0 Å². The fraction of sp³-hybridized carbons (Fsp3) is 0.212. The molecule has 0 radical (unpaired) electrons. The monoisotopic (exact) mass is 561 g/mol. The van der Waals surface area contributed by atoms with Crippen LogP contribution in [0.15, 0.2) is 91.0 Å². The number of carboxylic acids is 1. The number of benzene rings is 4. The molecule has 5 nitrogen and oxygen atoms in total. The van der Waals surface area contributed by atoms with Gasteiger partial charge in [0.15, 0.2) is 0 Å². The van der Waals surface area contributed by atoms with Gasteiger partial charge in [-0.3, -0.25) is 9.59 Å². The maximum atomic E-state index is 13.8. The number of carboxylic acid groups (broad SMARTS) is 1. The highest BCUT2D eigenvalue weighted by atomic mass is 19.4. The molecule has 0 aliphatic carbocycles. The van der Waals surface area contributed by atoms with Crippen molar-refractivity contribution in [2.75, 3.05) is 12.0 Å². The van der Waals surface area contributed by atoms with Crippen LogP contribution in [0.4, 0.5) is 18.9 Å². The van der Waals surface area contributed by atoms with E-state index in [0.29, 0.717) is 34.5 Å². The molecule has 212 valence electrons. The van der Waals surface area contributed by atoms with Crippen LogP contribution in [0.5, 0.6) is 5.75 Å². The van der Waals surface area contributed by atoms with Crippen LogP contribution in [0.2, 0.25) is 0 Å². The number of amides is 1. The van der Waals surface area contributed by atoms with Gasteiger partial charge in [-0.05, 0) is 71.0 Å². The molecule has 1 N–H and O–H groups in total. The van der Waals surface area contributed by atoms with E-state index < -0.39 is 17.7 Å². The van der Waals surface area contributed by atoms with Gasteiger partial charge in [0, 0.05) is 18.2 Å². The van der Waals surface area contributed by atoms with Crippen molar-refractivity contribution < 1.29 is 32.6 Å². The molecule has 4 aromatic carbocycles. The van der Waals surface area contributed by atoms with Crippen molar-refractivity contribution in [2.24, 2.45) is 0 Å². The smallest absolute Gasteiger partial charge is 0.416 e. The van der Waals surface area contributed by atoms with Crippen LogP contribution < -0.4 is 9.64 Å². The number of aliphatic carboxylic acids is 1. The Morgan fingerprint density at radius 2 is 1.51 bits per heavy atom. The first-order chi connectivity index (χ1) is 19.6. The van der Waals surface area contributed by atoms with Gasteiger partial charge in [0.25, 0.3) is 0 Å². The number of ether oxygens (including phenoxy) is 1. The molecule has 8 heteroatoms. The van der Waals surface area contributed by atoms with Gasteiger partial charge in [-0.2, -0.15) is 13.2 Å². The first kappa shape index (κ1) is 29.4. The third kappa shape index (κ3) is 7.33. The van der Waals surface area contributed by atoms with Gasteiger partial charge < -0.3 is 14.7 Å². The fourth-order valence-electron chi connectivity index (χ4n) is 4.86. The average Bonchev–Trinajstić information content (AvgIpc) is 2.94. The number of aryl methyl sites for hydroxylation is 2. The van der Waals surface area contributed by atoms with Gasteiger partial charge >= 0.3 is 12.1 Å². The van der Waals surface area contributed by atoms with E-state index >= 15 is 0 Å². The van der Waals surface area contributed by atoms with Gasteiger partial charge in [-0.15, -0.1) is 0 Å². The highest BCUT2D eigenvalue weighted by molar-refractivity contribution is 5.92. The largest absolute Gasteiger partial charge is 0.496 e. The second kappa shape index (κ2) is 12.7. The van der Waals surface area contributed by atoms with Gasteiger partial charge in [0.1, 0.15) is 5.75 Å². The lowest BCUT2D eigenvalue weighted by Gasteiger charge is -2.26. The first-order valence-electron chi connectivity index (χ1n) is 13.1. The molecule has 0 spiro atoms. The molecule has 0 atom stereocenters. The van der Waals surface area contributed by atoms with Crippen LogP contribution >= 0.6 is 0 Å². The van der Waals surface area contributed by atoms with Gasteiger partial charge in [0.2, 0.25) is 5.91 Å². The van der Waals surface area contributed by atoms with Crippen LogP contribution in [-0.2, 0) is 41.6 Å². The Morgan fingerprint density at radius 3 is 2.17 bits per heavy atom. The summed E-state index contributed by atoms with van der Waals surface area (Å²) in [4.78, 5) is 25.8. The van der Waals surface area contributed by atoms with Crippen molar-refractivity contribution in [1.29, 1.82) is 0 Å². The average molecular weight is 562 g/mol. The molecular weight excluding hydrogens is 531 g/mol. The number of alkyl halides is 3. The second-order valence-electron chi connectivity index (χ2n) is 9.69. The van der Waals surface area contributed by atoms with Crippen LogP contribution in [0, 0.1) is 0 Å². The number of halogens is 3. The molecule has 0 saturated heterocycles. The number of carbonyl (C=O) groups excluding carboxylic acids is 1. The molecule has 41 heavy (non-hydrogen) atoms. The highest BCUT2D eigenvalue weighted by Gasteiger charge is 2.32. The zero-order valence-corrected chi connectivity index (χ0v) is 22.7. The Morgan fingerprint density at radius 1 is 0.805 bits per heavy atom.